The van der Waals surface area contributed by atoms with Crippen molar-refractivity contribution in [3.8, 4) is 5.75 Å². The van der Waals surface area contributed by atoms with Crippen LogP contribution in [0.25, 0.3) is 0 Å². The smallest absolute Gasteiger partial charge is 0.122 e. The number of ether oxygens (including phenoxy) is 1. The van der Waals surface area contributed by atoms with Crippen LogP contribution in [0.2, 0.25) is 0 Å². The van der Waals surface area contributed by atoms with E-state index in [0.717, 1.165) is 18.7 Å². The molecule has 0 heterocycles. The van der Waals surface area contributed by atoms with Crippen LogP contribution in [0.1, 0.15) is 30.4 Å². The summed E-state index contributed by atoms with van der Waals surface area (Å²) in [4.78, 5) is 0. The lowest BCUT2D eigenvalue weighted by atomic mass is 9.72. The van der Waals surface area contributed by atoms with Crippen molar-refractivity contribution in [2.45, 2.75) is 31.1 Å². The molecule has 2 heteroatoms. The van der Waals surface area contributed by atoms with Crippen molar-refractivity contribution in [3.05, 3.63) is 29.3 Å². The molecule has 1 aromatic rings. The summed E-state index contributed by atoms with van der Waals surface area (Å²) in [5.41, 5.74) is 9.29. The highest BCUT2D eigenvalue weighted by Crippen LogP contribution is 2.59. The van der Waals surface area contributed by atoms with E-state index in [-0.39, 0.29) is 0 Å². The molecule has 2 N–H and O–H groups in total. The van der Waals surface area contributed by atoms with E-state index < -0.39 is 0 Å². The lowest BCUT2D eigenvalue weighted by molar-refractivity contribution is 0.347. The molecule has 1 atom stereocenters. The van der Waals surface area contributed by atoms with E-state index in [2.05, 4.69) is 18.2 Å². The molecular weight excluding hydrogens is 198 g/mol. The molecule has 0 aliphatic heterocycles. The maximum Gasteiger partial charge on any atom is 0.122 e. The summed E-state index contributed by atoms with van der Waals surface area (Å²) < 4.78 is 5.47. The molecule has 86 valence electrons. The van der Waals surface area contributed by atoms with Crippen molar-refractivity contribution in [3.63, 3.8) is 0 Å². The molecule has 3 rings (SSSR count). The minimum absolute atomic E-state index is 0.414. The molecular formula is C14H19NO. The van der Waals surface area contributed by atoms with E-state index in [1.807, 2.05) is 0 Å². The molecule has 1 spiro atoms. The van der Waals surface area contributed by atoms with Gasteiger partial charge in [-0.15, -0.1) is 0 Å². The zero-order valence-electron chi connectivity index (χ0n) is 9.83. The molecule has 0 radical (unpaired) electrons. The summed E-state index contributed by atoms with van der Waals surface area (Å²) >= 11 is 0. The predicted octanol–water partition coefficient (Wildman–Crippen LogP) is 2.25. The van der Waals surface area contributed by atoms with Crippen molar-refractivity contribution in [2.24, 2.45) is 11.7 Å². The first kappa shape index (κ1) is 10.2. The molecule has 0 bridgehead atoms. The van der Waals surface area contributed by atoms with E-state index in [1.165, 1.54) is 30.4 Å². The van der Waals surface area contributed by atoms with Gasteiger partial charge in [0.05, 0.1) is 7.11 Å². The van der Waals surface area contributed by atoms with Crippen LogP contribution in [0.3, 0.4) is 0 Å². The van der Waals surface area contributed by atoms with Crippen molar-refractivity contribution >= 4 is 0 Å². The van der Waals surface area contributed by atoms with Gasteiger partial charge in [0.2, 0.25) is 0 Å². The third-order valence-corrected chi connectivity index (χ3v) is 4.49. The molecule has 1 saturated carbocycles. The second-order valence-electron chi connectivity index (χ2n) is 5.11. The van der Waals surface area contributed by atoms with Crippen LogP contribution in [0, 0.1) is 5.92 Å². The summed E-state index contributed by atoms with van der Waals surface area (Å²) in [5, 5.41) is 0. The van der Waals surface area contributed by atoms with Crippen molar-refractivity contribution < 1.29 is 4.74 Å². The third-order valence-electron chi connectivity index (χ3n) is 4.49. The number of fused-ring (bicyclic) bond motifs is 2. The Morgan fingerprint density at radius 2 is 2.25 bits per heavy atom. The largest absolute Gasteiger partial charge is 0.496 e. The first-order valence-electron chi connectivity index (χ1n) is 6.18. The van der Waals surface area contributed by atoms with Gasteiger partial charge in [0.15, 0.2) is 0 Å². The first-order valence-corrected chi connectivity index (χ1v) is 6.18. The zero-order valence-corrected chi connectivity index (χ0v) is 9.83. The number of nitrogens with two attached hydrogens (primary N) is 1. The number of benzene rings is 1. The van der Waals surface area contributed by atoms with Gasteiger partial charge in [0.25, 0.3) is 0 Å². The van der Waals surface area contributed by atoms with Crippen LogP contribution in [0.5, 0.6) is 5.75 Å². The average molecular weight is 217 g/mol. The molecule has 1 aromatic carbocycles. The fourth-order valence-electron chi connectivity index (χ4n) is 3.45. The van der Waals surface area contributed by atoms with Gasteiger partial charge < -0.3 is 10.5 Å². The first-order chi connectivity index (χ1) is 7.81. The monoisotopic (exact) mass is 217 g/mol. The molecule has 2 aliphatic rings. The molecule has 0 aromatic heterocycles. The molecule has 16 heavy (non-hydrogen) atoms. The molecule has 0 amide bonds. The average Bonchev–Trinajstić information content (AvgIpc) is 3.11. The lowest BCUT2D eigenvalue weighted by Gasteiger charge is -2.34. The Kier molecular flexibility index (Phi) is 2.21. The minimum Gasteiger partial charge on any atom is -0.496 e. The second kappa shape index (κ2) is 3.49. The van der Waals surface area contributed by atoms with Crippen LogP contribution >= 0.6 is 0 Å². The van der Waals surface area contributed by atoms with Crippen LogP contribution in [-0.4, -0.2) is 13.7 Å². The summed E-state index contributed by atoms with van der Waals surface area (Å²) in [6, 6.07) is 6.49. The maximum atomic E-state index is 5.92. The standard InChI is InChI=1S/C14H19NO/c1-16-13-4-2-3-12-11(13)6-5-10(9-15)14(12)7-8-14/h2-4,10H,5-9,15H2,1H3. The summed E-state index contributed by atoms with van der Waals surface area (Å²) in [5.74, 6) is 1.76. The fraction of sp³-hybridized carbons (Fsp3) is 0.571. The van der Waals surface area contributed by atoms with Crippen molar-refractivity contribution in [1.82, 2.24) is 0 Å². The van der Waals surface area contributed by atoms with E-state index in [0.29, 0.717) is 11.3 Å². The Balaban J connectivity index is 2.10. The van der Waals surface area contributed by atoms with E-state index in [1.54, 1.807) is 7.11 Å². The van der Waals surface area contributed by atoms with Gasteiger partial charge in [0, 0.05) is 0 Å². The van der Waals surface area contributed by atoms with Crippen molar-refractivity contribution in [1.29, 1.82) is 0 Å². The highest BCUT2D eigenvalue weighted by Gasteiger charge is 2.52. The highest BCUT2D eigenvalue weighted by atomic mass is 16.5. The normalized spacial score (nSPS) is 25.2. The van der Waals surface area contributed by atoms with E-state index in [4.69, 9.17) is 10.5 Å². The summed E-state index contributed by atoms with van der Waals surface area (Å²) in [6.45, 7) is 0.830. The SMILES string of the molecule is COc1cccc2c1CCC(CN)C21CC1. The van der Waals surface area contributed by atoms with Gasteiger partial charge in [-0.25, -0.2) is 0 Å². The van der Waals surface area contributed by atoms with Crippen molar-refractivity contribution in [2.75, 3.05) is 13.7 Å². The Morgan fingerprint density at radius 3 is 2.88 bits per heavy atom. The topological polar surface area (TPSA) is 35.2 Å². The summed E-state index contributed by atoms with van der Waals surface area (Å²) in [6.07, 6.45) is 4.98. The quantitative estimate of drug-likeness (QED) is 0.824. The third kappa shape index (κ3) is 1.23. The Morgan fingerprint density at radius 1 is 1.44 bits per heavy atom. The number of hydrogen-bond donors (Lipinski definition) is 1. The van der Waals surface area contributed by atoms with Gasteiger partial charge in [-0.2, -0.15) is 0 Å². The maximum absolute atomic E-state index is 5.92. The van der Waals surface area contributed by atoms with Crippen LogP contribution in [-0.2, 0) is 11.8 Å². The molecule has 0 saturated heterocycles. The molecule has 2 aliphatic carbocycles. The van der Waals surface area contributed by atoms with Crippen LogP contribution in [0.4, 0.5) is 0 Å². The van der Waals surface area contributed by atoms with Gasteiger partial charge in [-0.1, -0.05) is 12.1 Å². The number of rotatable bonds is 2. The van der Waals surface area contributed by atoms with Crippen LogP contribution < -0.4 is 10.5 Å². The fourth-order valence-corrected chi connectivity index (χ4v) is 3.45. The van der Waals surface area contributed by atoms with Crippen LogP contribution in [0.15, 0.2) is 18.2 Å². The molecule has 2 nitrogen and oxygen atoms in total. The zero-order chi connectivity index (χ0) is 11.2. The molecule has 1 unspecified atom stereocenters. The van der Waals surface area contributed by atoms with E-state index in [9.17, 15) is 0 Å². The Bertz CT molecular complexity index is 409. The lowest BCUT2D eigenvalue weighted by Crippen LogP contribution is -2.33. The summed E-state index contributed by atoms with van der Waals surface area (Å²) in [7, 11) is 1.77. The number of hydrogen-bond acceptors (Lipinski definition) is 2. The Hall–Kier alpha value is -1.02. The Labute approximate surface area is 96.8 Å². The number of methoxy groups -OCH3 is 1. The second-order valence-corrected chi connectivity index (χ2v) is 5.11. The van der Waals surface area contributed by atoms with E-state index >= 15 is 0 Å². The molecule has 1 fully saturated rings. The predicted molar refractivity (Wildman–Crippen MR) is 64.8 cm³/mol. The van der Waals surface area contributed by atoms with Gasteiger partial charge in [-0.3, -0.25) is 0 Å². The van der Waals surface area contributed by atoms with Gasteiger partial charge in [-0.05, 0) is 60.8 Å². The van der Waals surface area contributed by atoms with Gasteiger partial charge in [0.1, 0.15) is 5.75 Å². The highest BCUT2D eigenvalue weighted by molar-refractivity contribution is 5.49. The minimum atomic E-state index is 0.414. The van der Waals surface area contributed by atoms with Gasteiger partial charge >= 0.3 is 0 Å².